The molecule has 0 radical (unpaired) electrons. The fraction of sp³-hybridized carbons (Fsp3) is 0.571. The molecule has 0 aliphatic heterocycles. The van der Waals surface area contributed by atoms with Crippen molar-refractivity contribution in [1.29, 1.82) is 0 Å². The van der Waals surface area contributed by atoms with Crippen LogP contribution < -0.4 is 5.32 Å². The standard InChI is InChI=1S/C14H21N3O3/c1-5-20-13(19)11(14(2,3)4)12(18)16-8-10-6-7-15-9-17-10/h6-7,9,11H,5,8H2,1-4H3,(H,16,18). The Bertz CT molecular complexity index is 454. The molecule has 0 saturated carbocycles. The lowest BCUT2D eigenvalue weighted by Crippen LogP contribution is -2.43. The summed E-state index contributed by atoms with van der Waals surface area (Å²) in [7, 11) is 0. The molecule has 1 N–H and O–H groups in total. The summed E-state index contributed by atoms with van der Waals surface area (Å²) in [5.41, 5.74) is 0.173. The smallest absolute Gasteiger partial charge is 0.319 e. The molecule has 0 fully saturated rings. The molecule has 1 rings (SSSR count). The fourth-order valence-corrected chi connectivity index (χ4v) is 1.78. The Morgan fingerprint density at radius 1 is 1.40 bits per heavy atom. The zero-order chi connectivity index (χ0) is 15.2. The number of rotatable bonds is 5. The van der Waals surface area contributed by atoms with Gasteiger partial charge in [-0.2, -0.15) is 0 Å². The van der Waals surface area contributed by atoms with Gasteiger partial charge in [0.05, 0.1) is 18.8 Å². The van der Waals surface area contributed by atoms with E-state index in [4.69, 9.17) is 4.74 Å². The maximum atomic E-state index is 12.2. The Labute approximate surface area is 119 Å². The molecule has 1 heterocycles. The van der Waals surface area contributed by atoms with Gasteiger partial charge in [0.15, 0.2) is 0 Å². The quantitative estimate of drug-likeness (QED) is 0.649. The van der Waals surface area contributed by atoms with E-state index in [-0.39, 0.29) is 19.1 Å². The van der Waals surface area contributed by atoms with Gasteiger partial charge < -0.3 is 10.1 Å². The number of ether oxygens (including phenoxy) is 1. The highest BCUT2D eigenvalue weighted by Crippen LogP contribution is 2.27. The maximum Gasteiger partial charge on any atom is 0.319 e. The lowest BCUT2D eigenvalue weighted by Gasteiger charge is -2.27. The van der Waals surface area contributed by atoms with Crippen molar-refractivity contribution in [2.45, 2.75) is 34.2 Å². The lowest BCUT2D eigenvalue weighted by molar-refractivity contribution is -0.156. The van der Waals surface area contributed by atoms with E-state index in [0.717, 1.165) is 0 Å². The highest BCUT2D eigenvalue weighted by Gasteiger charge is 2.38. The van der Waals surface area contributed by atoms with Gasteiger partial charge in [-0.3, -0.25) is 9.59 Å². The van der Waals surface area contributed by atoms with Gasteiger partial charge in [0, 0.05) is 6.20 Å². The van der Waals surface area contributed by atoms with Crippen molar-refractivity contribution in [3.8, 4) is 0 Å². The summed E-state index contributed by atoms with van der Waals surface area (Å²) >= 11 is 0. The van der Waals surface area contributed by atoms with Gasteiger partial charge in [0.25, 0.3) is 0 Å². The molecule has 6 heteroatoms. The zero-order valence-corrected chi connectivity index (χ0v) is 12.3. The molecular formula is C14H21N3O3. The fourth-order valence-electron chi connectivity index (χ4n) is 1.78. The van der Waals surface area contributed by atoms with E-state index in [9.17, 15) is 9.59 Å². The number of nitrogens with zero attached hydrogens (tertiary/aromatic N) is 2. The number of carbonyl (C=O) groups is 2. The van der Waals surface area contributed by atoms with Crippen LogP contribution in [0.3, 0.4) is 0 Å². The largest absolute Gasteiger partial charge is 0.465 e. The van der Waals surface area contributed by atoms with Crippen molar-refractivity contribution in [1.82, 2.24) is 15.3 Å². The number of esters is 1. The van der Waals surface area contributed by atoms with E-state index in [2.05, 4.69) is 15.3 Å². The van der Waals surface area contributed by atoms with Crippen molar-refractivity contribution in [2.75, 3.05) is 6.61 Å². The zero-order valence-electron chi connectivity index (χ0n) is 12.3. The monoisotopic (exact) mass is 279 g/mol. The number of nitrogens with one attached hydrogen (secondary N) is 1. The average molecular weight is 279 g/mol. The molecule has 0 aromatic carbocycles. The minimum atomic E-state index is -0.843. The molecule has 1 unspecified atom stereocenters. The van der Waals surface area contributed by atoms with Crippen LogP contribution in [0.1, 0.15) is 33.4 Å². The first-order valence-corrected chi connectivity index (χ1v) is 6.55. The molecule has 1 amide bonds. The summed E-state index contributed by atoms with van der Waals surface area (Å²) in [5.74, 6) is -1.70. The lowest BCUT2D eigenvalue weighted by atomic mass is 9.80. The first-order valence-electron chi connectivity index (χ1n) is 6.55. The molecule has 20 heavy (non-hydrogen) atoms. The van der Waals surface area contributed by atoms with Crippen LogP contribution in [0, 0.1) is 11.3 Å². The molecule has 0 spiro atoms. The normalized spacial score (nSPS) is 12.6. The van der Waals surface area contributed by atoms with E-state index >= 15 is 0 Å². The van der Waals surface area contributed by atoms with Gasteiger partial charge in [-0.1, -0.05) is 20.8 Å². The summed E-state index contributed by atoms with van der Waals surface area (Å²) in [5, 5.41) is 2.71. The van der Waals surface area contributed by atoms with E-state index in [1.807, 2.05) is 20.8 Å². The molecule has 0 bridgehead atoms. The second-order valence-electron chi connectivity index (χ2n) is 5.47. The summed E-state index contributed by atoms with van der Waals surface area (Å²) in [6.45, 7) is 7.73. The predicted octanol–water partition coefficient (Wildman–Crippen LogP) is 1.32. The van der Waals surface area contributed by atoms with Gasteiger partial charge >= 0.3 is 5.97 Å². The molecule has 1 aromatic heterocycles. The first-order chi connectivity index (χ1) is 9.36. The number of amides is 1. The number of aromatic nitrogens is 2. The van der Waals surface area contributed by atoms with E-state index in [1.54, 1.807) is 19.2 Å². The SMILES string of the molecule is CCOC(=O)C(C(=O)NCc1ccncn1)C(C)(C)C. The van der Waals surface area contributed by atoms with Gasteiger partial charge in [-0.05, 0) is 18.4 Å². The summed E-state index contributed by atoms with van der Waals surface area (Å²) < 4.78 is 4.98. The minimum Gasteiger partial charge on any atom is -0.465 e. The predicted molar refractivity (Wildman–Crippen MR) is 73.5 cm³/mol. The topological polar surface area (TPSA) is 81.2 Å². The Kier molecular flexibility index (Phi) is 5.61. The highest BCUT2D eigenvalue weighted by molar-refractivity contribution is 5.98. The third kappa shape index (κ3) is 4.60. The molecule has 0 saturated heterocycles. The van der Waals surface area contributed by atoms with Crippen molar-refractivity contribution in [3.63, 3.8) is 0 Å². The van der Waals surface area contributed by atoms with Gasteiger partial charge in [-0.25, -0.2) is 9.97 Å². The van der Waals surface area contributed by atoms with Crippen LogP contribution in [0.5, 0.6) is 0 Å². The van der Waals surface area contributed by atoms with Crippen LogP contribution in [-0.4, -0.2) is 28.5 Å². The molecule has 0 aliphatic rings. The van der Waals surface area contributed by atoms with Crippen LogP contribution in [0.15, 0.2) is 18.6 Å². The molecule has 1 atom stereocenters. The third-order valence-electron chi connectivity index (χ3n) is 2.74. The molecule has 1 aromatic rings. The van der Waals surface area contributed by atoms with E-state index in [0.29, 0.717) is 5.69 Å². The van der Waals surface area contributed by atoms with Crippen molar-refractivity contribution < 1.29 is 14.3 Å². The average Bonchev–Trinajstić information content (AvgIpc) is 2.36. The first kappa shape index (κ1) is 16.1. The summed E-state index contributed by atoms with van der Waals surface area (Å²) in [4.78, 5) is 32.0. The summed E-state index contributed by atoms with van der Waals surface area (Å²) in [6.07, 6.45) is 3.01. The molecular weight excluding hydrogens is 258 g/mol. The van der Waals surface area contributed by atoms with Gasteiger partial charge in [0.2, 0.25) is 5.91 Å². The van der Waals surface area contributed by atoms with Gasteiger partial charge in [-0.15, -0.1) is 0 Å². The van der Waals surface area contributed by atoms with Crippen LogP contribution in [-0.2, 0) is 20.9 Å². The van der Waals surface area contributed by atoms with Crippen LogP contribution in [0.4, 0.5) is 0 Å². The molecule has 6 nitrogen and oxygen atoms in total. The van der Waals surface area contributed by atoms with Crippen molar-refractivity contribution in [2.24, 2.45) is 11.3 Å². The van der Waals surface area contributed by atoms with Crippen LogP contribution in [0.25, 0.3) is 0 Å². The van der Waals surface area contributed by atoms with Gasteiger partial charge in [0.1, 0.15) is 12.2 Å². The van der Waals surface area contributed by atoms with Crippen molar-refractivity contribution in [3.05, 3.63) is 24.3 Å². The number of carbonyl (C=O) groups excluding carboxylic acids is 2. The minimum absolute atomic E-state index is 0.255. The Hall–Kier alpha value is -1.98. The second-order valence-corrected chi connectivity index (χ2v) is 5.47. The summed E-state index contributed by atoms with van der Waals surface area (Å²) in [6, 6.07) is 1.71. The Morgan fingerprint density at radius 3 is 2.60 bits per heavy atom. The van der Waals surface area contributed by atoms with Crippen molar-refractivity contribution >= 4 is 11.9 Å². The Morgan fingerprint density at radius 2 is 2.10 bits per heavy atom. The molecule has 110 valence electrons. The molecule has 0 aliphatic carbocycles. The van der Waals surface area contributed by atoms with Crippen LogP contribution >= 0.6 is 0 Å². The Balaban J connectivity index is 2.72. The number of hydrogen-bond donors (Lipinski definition) is 1. The highest BCUT2D eigenvalue weighted by atomic mass is 16.5. The second kappa shape index (κ2) is 6.98. The maximum absolute atomic E-state index is 12.2. The van der Waals surface area contributed by atoms with E-state index in [1.165, 1.54) is 6.33 Å². The van der Waals surface area contributed by atoms with Crippen LogP contribution in [0.2, 0.25) is 0 Å². The third-order valence-corrected chi connectivity index (χ3v) is 2.74. The number of hydrogen-bond acceptors (Lipinski definition) is 5. The van der Waals surface area contributed by atoms with E-state index < -0.39 is 17.3 Å².